The molecule has 1 aliphatic carbocycles. The molecule has 0 bridgehead atoms. The lowest BCUT2D eigenvalue weighted by molar-refractivity contribution is -0.139. The van der Waals surface area contributed by atoms with E-state index in [-0.39, 0.29) is 41.4 Å². The minimum atomic E-state index is -1.01. The summed E-state index contributed by atoms with van der Waals surface area (Å²) in [5.41, 5.74) is 2.88. The lowest BCUT2D eigenvalue weighted by Gasteiger charge is -2.57. The van der Waals surface area contributed by atoms with Crippen molar-refractivity contribution < 1.29 is 28.4 Å². The van der Waals surface area contributed by atoms with Gasteiger partial charge >= 0.3 is 0 Å². The van der Waals surface area contributed by atoms with Crippen LogP contribution in [0, 0.1) is 29.5 Å². The minimum absolute atomic E-state index is 0.0198. The van der Waals surface area contributed by atoms with Crippen molar-refractivity contribution in [3.8, 4) is 0 Å². The van der Waals surface area contributed by atoms with Crippen LogP contribution in [-0.2, 0) is 14.4 Å². The molecule has 4 aliphatic rings. The number of carbonyl (C=O) groups excluding carboxylic acids is 5. The SMILES string of the molecule is Cc1ccc(N2CCN(CC3CCN(c4ccc(C(=O)NC5C(C)(C)CC5(C)C)cc4F)CC3)CC2)cc1C(=O)N(C=O)C1CCC(=O)NC1=O. The number of carbonyl (C=O) groups is 5. The number of amides is 5. The quantitative estimate of drug-likeness (QED) is 0.296. The Kier molecular flexibility index (Phi) is 10.3. The molecule has 1 unspecified atom stereocenters. The zero-order chi connectivity index (χ0) is 36.7. The molecule has 2 N–H and O–H groups in total. The Morgan fingerprint density at radius 3 is 2.24 bits per heavy atom. The van der Waals surface area contributed by atoms with Crippen LogP contribution in [0.4, 0.5) is 15.8 Å². The number of imide groups is 2. The average Bonchev–Trinajstić information content (AvgIpc) is 3.08. The molecule has 11 nitrogen and oxygen atoms in total. The van der Waals surface area contributed by atoms with Gasteiger partial charge in [0.05, 0.1) is 5.69 Å². The van der Waals surface area contributed by atoms with Gasteiger partial charge in [0.25, 0.3) is 11.8 Å². The predicted molar refractivity (Wildman–Crippen MR) is 193 cm³/mol. The number of nitrogens with one attached hydrogen (secondary N) is 2. The van der Waals surface area contributed by atoms with Crippen LogP contribution in [0.15, 0.2) is 36.4 Å². The molecule has 2 aromatic carbocycles. The highest BCUT2D eigenvalue weighted by Gasteiger charge is 2.53. The highest BCUT2D eigenvalue weighted by atomic mass is 19.1. The van der Waals surface area contributed by atoms with Crippen LogP contribution in [0.3, 0.4) is 0 Å². The standard InChI is InChI=1S/C39H51FN6O5/c1-25-6-8-28(21-29(25)36(51)46(24-47)32-10-11-33(48)41-35(32)50)44-18-16-43(17-19-44)22-26-12-14-45(15-13-26)31-9-7-27(20-30(31)40)34(49)42-37-38(2,3)23-39(37,4)5/h6-9,20-21,24,26,32,37H,10-19,22-23H2,1-5H3,(H,42,49)(H,41,48,50). The van der Waals surface area contributed by atoms with E-state index in [0.29, 0.717) is 34.7 Å². The molecular weight excluding hydrogens is 651 g/mol. The van der Waals surface area contributed by atoms with Crippen LogP contribution < -0.4 is 20.4 Å². The number of piperidine rings is 2. The number of anilines is 2. The van der Waals surface area contributed by atoms with E-state index in [1.165, 1.54) is 6.07 Å². The van der Waals surface area contributed by atoms with E-state index in [1.54, 1.807) is 25.1 Å². The summed E-state index contributed by atoms with van der Waals surface area (Å²) in [5.74, 6) is -1.69. The first-order valence-electron chi connectivity index (χ1n) is 18.2. The van der Waals surface area contributed by atoms with Crippen LogP contribution in [-0.4, -0.2) is 97.7 Å². The third-order valence-electron chi connectivity index (χ3n) is 11.5. The van der Waals surface area contributed by atoms with Gasteiger partial charge in [0, 0.05) is 75.1 Å². The normalized spacial score (nSPS) is 22.6. The molecule has 274 valence electrons. The van der Waals surface area contributed by atoms with Gasteiger partial charge in [-0.3, -0.25) is 39.1 Å². The number of benzene rings is 2. The number of rotatable bonds is 9. The summed E-state index contributed by atoms with van der Waals surface area (Å²) in [5, 5.41) is 5.37. The second kappa shape index (κ2) is 14.4. The molecule has 4 fully saturated rings. The summed E-state index contributed by atoms with van der Waals surface area (Å²) < 4.78 is 15.3. The van der Waals surface area contributed by atoms with Gasteiger partial charge in [-0.2, -0.15) is 0 Å². The molecule has 1 saturated carbocycles. The van der Waals surface area contributed by atoms with Gasteiger partial charge in [-0.05, 0) is 85.3 Å². The molecule has 1 atom stereocenters. The fraction of sp³-hybridized carbons (Fsp3) is 0.564. The number of hydrogen-bond acceptors (Lipinski definition) is 8. The predicted octanol–water partition coefficient (Wildman–Crippen LogP) is 4.13. The summed E-state index contributed by atoms with van der Waals surface area (Å²) >= 11 is 0. The second-order valence-corrected chi connectivity index (χ2v) is 16.2. The minimum Gasteiger partial charge on any atom is -0.369 e. The van der Waals surface area contributed by atoms with Crippen molar-refractivity contribution in [3.05, 3.63) is 58.9 Å². The fourth-order valence-electron chi connectivity index (χ4n) is 9.11. The van der Waals surface area contributed by atoms with Crippen LogP contribution in [0.2, 0.25) is 0 Å². The Morgan fingerprint density at radius 2 is 1.63 bits per heavy atom. The number of halogens is 1. The molecular formula is C39H51FN6O5. The van der Waals surface area contributed by atoms with Crippen molar-refractivity contribution >= 4 is 41.4 Å². The van der Waals surface area contributed by atoms with Gasteiger partial charge < -0.3 is 15.1 Å². The van der Waals surface area contributed by atoms with Gasteiger partial charge in [-0.25, -0.2) is 4.39 Å². The van der Waals surface area contributed by atoms with Gasteiger partial charge in [0.15, 0.2) is 0 Å². The molecule has 3 heterocycles. The highest BCUT2D eigenvalue weighted by Crippen LogP contribution is 2.53. The fourth-order valence-corrected chi connectivity index (χ4v) is 9.11. The molecule has 5 amide bonds. The summed E-state index contributed by atoms with van der Waals surface area (Å²) in [6.45, 7) is 16.2. The average molecular weight is 703 g/mol. The first kappa shape index (κ1) is 36.5. The van der Waals surface area contributed by atoms with Gasteiger partial charge in [0.1, 0.15) is 11.9 Å². The Bertz CT molecular complexity index is 1680. The van der Waals surface area contributed by atoms with Crippen LogP contribution in [0.1, 0.15) is 86.1 Å². The summed E-state index contributed by atoms with van der Waals surface area (Å²) in [4.78, 5) is 70.1. The second-order valence-electron chi connectivity index (χ2n) is 16.2. The van der Waals surface area contributed by atoms with Crippen LogP contribution >= 0.6 is 0 Å². The zero-order valence-corrected chi connectivity index (χ0v) is 30.5. The molecule has 51 heavy (non-hydrogen) atoms. The largest absolute Gasteiger partial charge is 0.369 e. The lowest BCUT2D eigenvalue weighted by Crippen LogP contribution is -2.63. The summed E-state index contributed by atoms with van der Waals surface area (Å²) in [6.07, 6.45) is 3.50. The lowest BCUT2D eigenvalue weighted by atomic mass is 9.52. The van der Waals surface area contributed by atoms with E-state index in [4.69, 9.17) is 0 Å². The third-order valence-corrected chi connectivity index (χ3v) is 11.5. The molecule has 12 heteroatoms. The first-order valence-corrected chi connectivity index (χ1v) is 18.2. The zero-order valence-electron chi connectivity index (χ0n) is 30.5. The van der Waals surface area contributed by atoms with Crippen molar-refractivity contribution in [2.45, 2.75) is 78.8 Å². The summed E-state index contributed by atoms with van der Waals surface area (Å²) in [7, 11) is 0. The number of nitrogens with zero attached hydrogens (tertiary/aromatic N) is 4. The van der Waals surface area contributed by atoms with E-state index >= 15 is 4.39 Å². The maximum absolute atomic E-state index is 15.3. The van der Waals surface area contributed by atoms with Crippen molar-refractivity contribution in [1.29, 1.82) is 0 Å². The molecule has 0 radical (unpaired) electrons. The maximum Gasteiger partial charge on any atom is 0.261 e. The molecule has 2 aromatic rings. The monoisotopic (exact) mass is 702 g/mol. The molecule has 3 aliphatic heterocycles. The first-order chi connectivity index (χ1) is 24.2. The van der Waals surface area contributed by atoms with Gasteiger partial charge in [0.2, 0.25) is 18.2 Å². The van der Waals surface area contributed by atoms with Crippen molar-refractivity contribution in [2.75, 3.05) is 55.6 Å². The van der Waals surface area contributed by atoms with E-state index < -0.39 is 23.8 Å². The van der Waals surface area contributed by atoms with Gasteiger partial charge in [-0.15, -0.1) is 0 Å². The summed E-state index contributed by atoms with van der Waals surface area (Å²) in [6, 6.07) is 9.51. The Morgan fingerprint density at radius 1 is 0.941 bits per heavy atom. The van der Waals surface area contributed by atoms with E-state index in [0.717, 1.165) is 75.7 Å². The van der Waals surface area contributed by atoms with Crippen LogP contribution in [0.5, 0.6) is 0 Å². The van der Waals surface area contributed by atoms with Crippen molar-refractivity contribution in [1.82, 2.24) is 20.4 Å². The molecule has 3 saturated heterocycles. The number of piperazine rings is 1. The number of aryl methyl sites for hydroxylation is 1. The highest BCUT2D eigenvalue weighted by molar-refractivity contribution is 6.08. The number of hydrogen-bond donors (Lipinski definition) is 2. The maximum atomic E-state index is 15.3. The Labute approximate surface area is 299 Å². The molecule has 0 aromatic heterocycles. The topological polar surface area (TPSA) is 122 Å². The molecule has 6 rings (SSSR count). The van der Waals surface area contributed by atoms with E-state index in [2.05, 4.69) is 53.0 Å². The van der Waals surface area contributed by atoms with Crippen LogP contribution in [0.25, 0.3) is 0 Å². The van der Waals surface area contributed by atoms with Gasteiger partial charge in [-0.1, -0.05) is 33.8 Å². The smallest absolute Gasteiger partial charge is 0.261 e. The van der Waals surface area contributed by atoms with E-state index in [1.807, 2.05) is 12.1 Å². The molecule has 0 spiro atoms. The van der Waals surface area contributed by atoms with Crippen molar-refractivity contribution in [3.63, 3.8) is 0 Å². The van der Waals surface area contributed by atoms with E-state index in [9.17, 15) is 24.0 Å². The third kappa shape index (κ3) is 7.66. The Hall–Kier alpha value is -4.32. The Balaban J connectivity index is 0.985. The van der Waals surface area contributed by atoms with Crippen molar-refractivity contribution in [2.24, 2.45) is 16.7 Å².